The van der Waals surface area contributed by atoms with Crippen LogP contribution in [0.3, 0.4) is 0 Å². The van der Waals surface area contributed by atoms with Crippen LogP contribution in [0.15, 0.2) is 78.9 Å². The van der Waals surface area contributed by atoms with Gasteiger partial charge in [-0.3, -0.25) is 0 Å². The summed E-state index contributed by atoms with van der Waals surface area (Å²) in [6.07, 6.45) is 4.50. The topological polar surface area (TPSA) is 74.6 Å². The van der Waals surface area contributed by atoms with Crippen molar-refractivity contribution in [2.45, 2.75) is 58.3 Å². The fraction of sp³-hybridized carbons (Fsp3) is 0.310. The minimum absolute atomic E-state index is 0.0131. The largest absolute Gasteiger partial charge is 0.478 e. The number of carbonyl (C=O) groups is 2. The predicted octanol–water partition coefficient (Wildman–Crippen LogP) is 7.41. The highest BCUT2D eigenvalue weighted by molar-refractivity contribution is 5.90. The molecule has 0 aliphatic heterocycles. The van der Waals surface area contributed by atoms with Gasteiger partial charge in [0.05, 0.1) is 11.1 Å². The van der Waals surface area contributed by atoms with Gasteiger partial charge in [-0.2, -0.15) is 0 Å². The van der Waals surface area contributed by atoms with Crippen LogP contribution >= 0.6 is 0 Å². The summed E-state index contributed by atoms with van der Waals surface area (Å²) in [7, 11) is 0. The van der Waals surface area contributed by atoms with Crippen molar-refractivity contribution in [3.63, 3.8) is 0 Å². The highest BCUT2D eigenvalue weighted by atomic mass is 16.4. The van der Waals surface area contributed by atoms with Gasteiger partial charge in [-0.05, 0) is 59.9 Å². The van der Waals surface area contributed by atoms with E-state index in [-0.39, 0.29) is 11.8 Å². The molecule has 174 valence electrons. The van der Waals surface area contributed by atoms with Crippen molar-refractivity contribution in [3.8, 4) is 0 Å². The molecular formula is C29H34O4. The van der Waals surface area contributed by atoms with Gasteiger partial charge in [-0.1, -0.05) is 93.9 Å². The van der Waals surface area contributed by atoms with Gasteiger partial charge in [0.1, 0.15) is 0 Å². The number of hydrogen-bond acceptors (Lipinski definition) is 2. The lowest BCUT2D eigenvalue weighted by molar-refractivity contribution is 0.0685. The monoisotopic (exact) mass is 446 g/mol. The van der Waals surface area contributed by atoms with E-state index in [2.05, 4.69) is 37.3 Å². The second kappa shape index (κ2) is 13.2. The molecule has 4 nitrogen and oxygen atoms in total. The second-order valence-corrected chi connectivity index (χ2v) is 8.41. The Bertz CT molecular complexity index is 965. The average Bonchev–Trinajstić information content (AvgIpc) is 2.83. The van der Waals surface area contributed by atoms with E-state index in [9.17, 15) is 19.8 Å². The minimum Gasteiger partial charge on any atom is -0.478 e. The van der Waals surface area contributed by atoms with E-state index in [1.165, 1.54) is 24.8 Å². The van der Waals surface area contributed by atoms with E-state index in [1.807, 2.05) is 38.1 Å². The van der Waals surface area contributed by atoms with Gasteiger partial charge in [0.2, 0.25) is 0 Å². The second-order valence-electron chi connectivity index (χ2n) is 8.41. The number of rotatable bonds is 9. The number of hydrogen-bond donors (Lipinski definition) is 2. The highest BCUT2D eigenvalue weighted by Crippen LogP contribution is 2.32. The van der Waals surface area contributed by atoms with Crippen LogP contribution in [0.2, 0.25) is 0 Å². The molecule has 0 amide bonds. The fourth-order valence-corrected chi connectivity index (χ4v) is 4.05. The van der Waals surface area contributed by atoms with Crippen molar-refractivity contribution < 1.29 is 19.8 Å². The number of aryl methyl sites for hydroxylation is 1. The average molecular weight is 447 g/mol. The molecule has 0 saturated carbocycles. The molecule has 0 aromatic heterocycles. The molecule has 0 bridgehead atoms. The van der Waals surface area contributed by atoms with Crippen molar-refractivity contribution in [3.05, 3.63) is 107 Å². The van der Waals surface area contributed by atoms with Crippen LogP contribution in [0.25, 0.3) is 0 Å². The minimum atomic E-state index is -0.939. The Morgan fingerprint density at radius 1 is 0.697 bits per heavy atom. The number of benzene rings is 3. The van der Waals surface area contributed by atoms with Gasteiger partial charge < -0.3 is 10.2 Å². The lowest BCUT2D eigenvalue weighted by Crippen LogP contribution is -2.10. The number of carboxylic acid groups (broad SMARTS) is 2. The van der Waals surface area contributed by atoms with Crippen molar-refractivity contribution in [2.75, 3.05) is 0 Å². The summed E-state index contributed by atoms with van der Waals surface area (Å²) in [6, 6.07) is 24.6. The van der Waals surface area contributed by atoms with Crippen LogP contribution in [0.1, 0.15) is 89.3 Å². The normalized spacial score (nSPS) is 12.2. The van der Waals surface area contributed by atoms with Gasteiger partial charge >= 0.3 is 11.9 Å². The highest BCUT2D eigenvalue weighted by Gasteiger charge is 2.20. The number of unbranched alkanes of at least 4 members (excludes halogenated alkanes) is 1. The molecule has 3 rings (SSSR count). The molecule has 2 unspecified atom stereocenters. The molecule has 0 heterocycles. The van der Waals surface area contributed by atoms with Gasteiger partial charge in [0.15, 0.2) is 0 Å². The molecule has 0 saturated heterocycles. The maximum Gasteiger partial charge on any atom is 0.335 e. The van der Waals surface area contributed by atoms with Crippen LogP contribution in [0.5, 0.6) is 0 Å². The molecule has 33 heavy (non-hydrogen) atoms. The maximum absolute atomic E-state index is 11.3. The lowest BCUT2D eigenvalue weighted by atomic mass is 9.84. The van der Waals surface area contributed by atoms with Crippen LogP contribution in [-0.4, -0.2) is 22.2 Å². The SMILES string of the molecule is CC(CC(C)c1ccccc1C(=O)O)c1ccccc1C(=O)O.CCCCc1ccccc1. The molecule has 4 heteroatoms. The lowest BCUT2D eigenvalue weighted by Gasteiger charge is -2.20. The van der Waals surface area contributed by atoms with Crippen LogP contribution in [0.4, 0.5) is 0 Å². The van der Waals surface area contributed by atoms with E-state index in [0.717, 1.165) is 11.1 Å². The molecule has 0 aliphatic carbocycles. The Labute approximate surface area is 196 Å². The summed E-state index contributed by atoms with van der Waals surface area (Å²) < 4.78 is 0. The first kappa shape index (κ1) is 25.9. The van der Waals surface area contributed by atoms with Crippen molar-refractivity contribution in [1.82, 2.24) is 0 Å². The molecule has 0 aliphatic rings. The van der Waals surface area contributed by atoms with Crippen molar-refractivity contribution in [2.24, 2.45) is 0 Å². The summed E-state index contributed by atoms with van der Waals surface area (Å²) in [4.78, 5) is 22.7. The van der Waals surface area contributed by atoms with Crippen molar-refractivity contribution in [1.29, 1.82) is 0 Å². The third kappa shape index (κ3) is 7.90. The van der Waals surface area contributed by atoms with Gasteiger partial charge in [0, 0.05) is 0 Å². The first-order valence-electron chi connectivity index (χ1n) is 11.5. The Morgan fingerprint density at radius 3 is 1.55 bits per heavy atom. The molecule has 3 aromatic rings. The zero-order valence-corrected chi connectivity index (χ0v) is 19.7. The molecule has 0 radical (unpaired) electrons. The molecule has 0 fully saturated rings. The van der Waals surface area contributed by atoms with Crippen LogP contribution in [0, 0.1) is 0 Å². The maximum atomic E-state index is 11.3. The summed E-state index contributed by atoms with van der Waals surface area (Å²) >= 11 is 0. The Kier molecular flexibility index (Phi) is 10.4. The standard InChI is InChI=1S/C19H20O4.C10H14/c1-12(14-7-3-5-9-16(14)18(20)21)11-13(2)15-8-4-6-10-17(15)19(22)23;1-2-3-7-10-8-5-4-6-9-10/h3-10,12-13H,11H2,1-2H3,(H,20,21)(H,22,23);4-6,8-9H,2-3,7H2,1H3. The Balaban J connectivity index is 0.000000321. The van der Waals surface area contributed by atoms with E-state index in [4.69, 9.17) is 0 Å². The number of carboxylic acids is 2. The smallest absolute Gasteiger partial charge is 0.335 e. The van der Waals surface area contributed by atoms with E-state index in [0.29, 0.717) is 17.5 Å². The molecule has 2 N–H and O–H groups in total. The number of aromatic carboxylic acids is 2. The summed E-state index contributed by atoms with van der Waals surface area (Å²) in [5.41, 5.74) is 3.63. The van der Waals surface area contributed by atoms with E-state index >= 15 is 0 Å². The zero-order valence-electron chi connectivity index (χ0n) is 19.7. The van der Waals surface area contributed by atoms with E-state index in [1.54, 1.807) is 24.3 Å². The summed E-state index contributed by atoms with van der Waals surface area (Å²) in [6.45, 7) is 6.17. The van der Waals surface area contributed by atoms with Crippen LogP contribution < -0.4 is 0 Å². The summed E-state index contributed by atoms with van der Waals surface area (Å²) in [5.74, 6) is -1.85. The third-order valence-electron chi connectivity index (χ3n) is 5.81. The van der Waals surface area contributed by atoms with Crippen LogP contribution in [-0.2, 0) is 6.42 Å². The molecule has 3 aromatic carbocycles. The molecule has 0 spiro atoms. The first-order chi connectivity index (χ1) is 15.8. The van der Waals surface area contributed by atoms with E-state index < -0.39 is 11.9 Å². The molecular weight excluding hydrogens is 412 g/mol. The Hall–Kier alpha value is -3.40. The third-order valence-corrected chi connectivity index (χ3v) is 5.81. The quantitative estimate of drug-likeness (QED) is 0.359. The fourth-order valence-electron chi connectivity index (χ4n) is 4.05. The summed E-state index contributed by atoms with van der Waals surface area (Å²) in [5, 5.41) is 18.6. The van der Waals surface area contributed by atoms with Crippen molar-refractivity contribution >= 4 is 11.9 Å². The zero-order chi connectivity index (χ0) is 24.2. The Morgan fingerprint density at radius 2 is 1.12 bits per heavy atom. The first-order valence-corrected chi connectivity index (χ1v) is 11.5. The molecule has 2 atom stereocenters. The van der Waals surface area contributed by atoms with Gasteiger partial charge in [-0.15, -0.1) is 0 Å². The van der Waals surface area contributed by atoms with Gasteiger partial charge in [-0.25, -0.2) is 9.59 Å². The predicted molar refractivity (Wildman–Crippen MR) is 133 cm³/mol. The van der Waals surface area contributed by atoms with Gasteiger partial charge in [0.25, 0.3) is 0 Å².